The molecule has 1 fully saturated rings. The van der Waals surface area contributed by atoms with Crippen LogP contribution in [0.25, 0.3) is 0 Å². The number of carbonyl (C=O) groups is 1. The van der Waals surface area contributed by atoms with Gasteiger partial charge in [0.2, 0.25) is 0 Å². The van der Waals surface area contributed by atoms with E-state index in [1.807, 2.05) is 24.3 Å². The summed E-state index contributed by atoms with van der Waals surface area (Å²) in [6.45, 7) is 7.59. The quantitative estimate of drug-likeness (QED) is 0.864. The average Bonchev–Trinajstić information content (AvgIpc) is 2.47. The first-order valence-corrected chi connectivity index (χ1v) is 7.66. The van der Waals surface area contributed by atoms with Crippen molar-refractivity contribution >= 4 is 11.7 Å². The standard InChI is InChI=1S/C17H26N2O2/c1-5-12-10-13(17(12,2)3)11-18-16(20)19-14-6-8-15(21-4)9-7-14/h6-9,12-13H,5,10-11H2,1-4H3,(H2,18,19,20)/t12-,13+/m0/s1. The van der Waals surface area contributed by atoms with Crippen molar-refractivity contribution in [2.75, 3.05) is 19.0 Å². The lowest BCUT2D eigenvalue weighted by molar-refractivity contribution is -0.0193. The monoisotopic (exact) mass is 290 g/mol. The third-order valence-corrected chi connectivity index (χ3v) is 5.02. The van der Waals surface area contributed by atoms with Crippen LogP contribution in [-0.4, -0.2) is 19.7 Å². The molecule has 2 amide bonds. The van der Waals surface area contributed by atoms with Crippen LogP contribution in [0, 0.1) is 17.3 Å². The fraction of sp³-hybridized carbons (Fsp3) is 0.588. The summed E-state index contributed by atoms with van der Waals surface area (Å²) in [7, 11) is 1.62. The SMILES string of the molecule is CC[C@H]1C[C@H](CNC(=O)Nc2ccc(OC)cc2)C1(C)C. The molecule has 0 bridgehead atoms. The Bertz CT molecular complexity index is 482. The highest BCUT2D eigenvalue weighted by Gasteiger charge is 2.46. The van der Waals surface area contributed by atoms with Crippen molar-refractivity contribution in [1.82, 2.24) is 5.32 Å². The molecular formula is C17H26N2O2. The predicted molar refractivity (Wildman–Crippen MR) is 85.7 cm³/mol. The molecule has 116 valence electrons. The highest BCUT2D eigenvalue weighted by atomic mass is 16.5. The zero-order valence-corrected chi connectivity index (χ0v) is 13.4. The number of nitrogens with one attached hydrogen (secondary N) is 2. The van der Waals surface area contributed by atoms with E-state index >= 15 is 0 Å². The van der Waals surface area contributed by atoms with Gasteiger partial charge in [0.15, 0.2) is 0 Å². The first-order valence-electron chi connectivity index (χ1n) is 7.66. The van der Waals surface area contributed by atoms with Crippen molar-refractivity contribution in [3.63, 3.8) is 0 Å². The molecule has 0 saturated heterocycles. The lowest BCUT2D eigenvalue weighted by Crippen LogP contribution is -2.50. The normalized spacial score (nSPS) is 23.0. The van der Waals surface area contributed by atoms with Crippen LogP contribution in [0.3, 0.4) is 0 Å². The largest absolute Gasteiger partial charge is 0.497 e. The first kappa shape index (κ1) is 15.7. The number of methoxy groups -OCH3 is 1. The second-order valence-electron chi connectivity index (χ2n) is 6.42. The van der Waals surface area contributed by atoms with Crippen LogP contribution in [0.4, 0.5) is 10.5 Å². The van der Waals surface area contributed by atoms with E-state index in [1.54, 1.807) is 7.11 Å². The third-order valence-electron chi connectivity index (χ3n) is 5.02. The van der Waals surface area contributed by atoms with E-state index in [1.165, 1.54) is 12.8 Å². The molecule has 0 aromatic heterocycles. The molecule has 2 atom stereocenters. The van der Waals surface area contributed by atoms with Gasteiger partial charge in [-0.1, -0.05) is 27.2 Å². The first-order chi connectivity index (χ1) is 9.97. The van der Waals surface area contributed by atoms with Crippen LogP contribution < -0.4 is 15.4 Å². The summed E-state index contributed by atoms with van der Waals surface area (Å²) < 4.78 is 5.09. The molecule has 21 heavy (non-hydrogen) atoms. The van der Waals surface area contributed by atoms with Crippen molar-refractivity contribution in [2.24, 2.45) is 17.3 Å². The Morgan fingerprint density at radius 3 is 2.48 bits per heavy atom. The van der Waals surface area contributed by atoms with Crippen molar-refractivity contribution in [3.05, 3.63) is 24.3 Å². The Hall–Kier alpha value is -1.71. The van der Waals surface area contributed by atoms with Gasteiger partial charge in [-0.25, -0.2) is 4.79 Å². The summed E-state index contributed by atoms with van der Waals surface area (Å²) in [6.07, 6.45) is 2.44. The number of carbonyl (C=O) groups excluding carboxylic acids is 1. The van der Waals surface area contributed by atoms with E-state index in [0.29, 0.717) is 11.3 Å². The van der Waals surface area contributed by atoms with Crippen LogP contribution in [0.15, 0.2) is 24.3 Å². The summed E-state index contributed by atoms with van der Waals surface area (Å²) in [6, 6.07) is 7.18. The molecule has 1 aliphatic rings. The Labute approximate surface area is 127 Å². The molecule has 0 heterocycles. The van der Waals surface area contributed by atoms with Gasteiger partial charge in [-0.2, -0.15) is 0 Å². The van der Waals surface area contributed by atoms with Gasteiger partial charge < -0.3 is 15.4 Å². The number of amides is 2. The minimum atomic E-state index is -0.143. The fourth-order valence-electron chi connectivity index (χ4n) is 3.23. The predicted octanol–water partition coefficient (Wildman–Crippen LogP) is 3.89. The van der Waals surface area contributed by atoms with Crippen LogP contribution in [-0.2, 0) is 0 Å². The molecule has 0 radical (unpaired) electrons. The number of anilines is 1. The molecule has 0 spiro atoms. The summed E-state index contributed by atoms with van der Waals surface area (Å²) >= 11 is 0. The Morgan fingerprint density at radius 1 is 1.29 bits per heavy atom. The molecule has 1 aromatic rings. The summed E-state index contributed by atoms with van der Waals surface area (Å²) in [5.74, 6) is 2.14. The van der Waals surface area contributed by atoms with Crippen LogP contribution >= 0.6 is 0 Å². The van der Waals surface area contributed by atoms with Gasteiger partial charge in [0.05, 0.1) is 7.11 Å². The van der Waals surface area contributed by atoms with Gasteiger partial charge in [0.25, 0.3) is 0 Å². The van der Waals surface area contributed by atoms with E-state index < -0.39 is 0 Å². The van der Waals surface area contributed by atoms with E-state index in [-0.39, 0.29) is 6.03 Å². The van der Waals surface area contributed by atoms with E-state index in [9.17, 15) is 4.79 Å². The van der Waals surface area contributed by atoms with Gasteiger partial charge in [-0.3, -0.25) is 0 Å². The number of ether oxygens (including phenoxy) is 1. The average molecular weight is 290 g/mol. The zero-order chi connectivity index (χ0) is 15.5. The molecule has 2 rings (SSSR count). The highest BCUT2D eigenvalue weighted by Crippen LogP contribution is 2.52. The number of benzene rings is 1. The molecule has 1 saturated carbocycles. The van der Waals surface area contributed by atoms with Gasteiger partial charge in [0.1, 0.15) is 5.75 Å². The second-order valence-corrected chi connectivity index (χ2v) is 6.42. The molecule has 2 N–H and O–H groups in total. The number of urea groups is 1. The summed E-state index contributed by atoms with van der Waals surface area (Å²) in [5, 5.41) is 5.82. The maximum absolute atomic E-state index is 11.9. The minimum Gasteiger partial charge on any atom is -0.497 e. The summed E-state index contributed by atoms with van der Waals surface area (Å²) in [5.41, 5.74) is 1.11. The topological polar surface area (TPSA) is 50.4 Å². The van der Waals surface area contributed by atoms with Gasteiger partial charge in [0, 0.05) is 12.2 Å². The van der Waals surface area contributed by atoms with Gasteiger partial charge in [-0.15, -0.1) is 0 Å². The molecule has 4 nitrogen and oxygen atoms in total. The number of rotatable bonds is 5. The molecule has 0 unspecified atom stereocenters. The van der Waals surface area contributed by atoms with Crippen LogP contribution in [0.1, 0.15) is 33.6 Å². The lowest BCUT2D eigenvalue weighted by Gasteiger charge is -2.52. The lowest BCUT2D eigenvalue weighted by atomic mass is 9.54. The van der Waals surface area contributed by atoms with Crippen molar-refractivity contribution in [3.8, 4) is 5.75 Å². The summed E-state index contributed by atoms with van der Waals surface area (Å²) in [4.78, 5) is 11.9. The molecule has 4 heteroatoms. The smallest absolute Gasteiger partial charge is 0.319 e. The third kappa shape index (κ3) is 3.49. The maximum Gasteiger partial charge on any atom is 0.319 e. The maximum atomic E-state index is 11.9. The van der Waals surface area contributed by atoms with Gasteiger partial charge >= 0.3 is 6.03 Å². The Kier molecular flexibility index (Phi) is 4.76. The van der Waals surface area contributed by atoms with E-state index in [4.69, 9.17) is 4.74 Å². The van der Waals surface area contributed by atoms with E-state index in [0.717, 1.165) is 23.9 Å². The van der Waals surface area contributed by atoms with Crippen LogP contribution in [0.5, 0.6) is 5.75 Å². The van der Waals surface area contributed by atoms with Crippen molar-refractivity contribution < 1.29 is 9.53 Å². The minimum absolute atomic E-state index is 0.143. The zero-order valence-electron chi connectivity index (χ0n) is 13.4. The van der Waals surface area contributed by atoms with Crippen molar-refractivity contribution in [1.29, 1.82) is 0 Å². The highest BCUT2D eigenvalue weighted by molar-refractivity contribution is 5.89. The van der Waals surface area contributed by atoms with Crippen molar-refractivity contribution in [2.45, 2.75) is 33.6 Å². The molecule has 1 aromatic carbocycles. The fourth-order valence-corrected chi connectivity index (χ4v) is 3.23. The Balaban J connectivity index is 1.77. The Morgan fingerprint density at radius 2 is 1.95 bits per heavy atom. The molecule has 1 aliphatic carbocycles. The molecular weight excluding hydrogens is 264 g/mol. The van der Waals surface area contributed by atoms with Gasteiger partial charge in [-0.05, 0) is 47.9 Å². The van der Waals surface area contributed by atoms with Crippen LogP contribution in [0.2, 0.25) is 0 Å². The number of hydrogen-bond acceptors (Lipinski definition) is 2. The molecule has 0 aliphatic heterocycles. The van der Waals surface area contributed by atoms with E-state index in [2.05, 4.69) is 31.4 Å². The second kappa shape index (κ2) is 6.37. The number of hydrogen-bond donors (Lipinski definition) is 2.